The van der Waals surface area contributed by atoms with Crippen molar-refractivity contribution in [3.05, 3.63) is 30.1 Å². The van der Waals surface area contributed by atoms with Crippen molar-refractivity contribution in [3.63, 3.8) is 0 Å². The molecule has 1 aromatic rings. The molecule has 0 aliphatic rings. The van der Waals surface area contributed by atoms with Gasteiger partial charge in [0.1, 0.15) is 6.61 Å². The van der Waals surface area contributed by atoms with Crippen LogP contribution in [-0.4, -0.2) is 36.9 Å². The van der Waals surface area contributed by atoms with E-state index >= 15 is 0 Å². The fourth-order valence-electron chi connectivity index (χ4n) is 1.39. The maximum absolute atomic E-state index is 13.2. The van der Waals surface area contributed by atoms with Gasteiger partial charge in [0.25, 0.3) is 0 Å². The van der Waals surface area contributed by atoms with E-state index in [0.29, 0.717) is 25.3 Å². The van der Waals surface area contributed by atoms with Crippen LogP contribution in [0.15, 0.2) is 24.3 Å². The molecular formula is C13H17ClFNO2. The van der Waals surface area contributed by atoms with Crippen molar-refractivity contribution in [2.45, 2.75) is 12.8 Å². The summed E-state index contributed by atoms with van der Waals surface area (Å²) in [7, 11) is 1.70. The predicted octanol–water partition coefficient (Wildman–Crippen LogP) is 2.68. The van der Waals surface area contributed by atoms with Gasteiger partial charge in [0.15, 0.2) is 11.6 Å². The Morgan fingerprint density at radius 3 is 2.83 bits per heavy atom. The van der Waals surface area contributed by atoms with Gasteiger partial charge in [0, 0.05) is 19.3 Å². The van der Waals surface area contributed by atoms with Gasteiger partial charge in [-0.15, -0.1) is 11.6 Å². The van der Waals surface area contributed by atoms with Gasteiger partial charge in [-0.2, -0.15) is 0 Å². The van der Waals surface area contributed by atoms with Gasteiger partial charge in [0.05, 0.1) is 6.54 Å². The zero-order valence-corrected chi connectivity index (χ0v) is 11.1. The van der Waals surface area contributed by atoms with E-state index in [9.17, 15) is 9.18 Å². The fourth-order valence-corrected chi connectivity index (χ4v) is 1.52. The van der Waals surface area contributed by atoms with Crippen molar-refractivity contribution < 1.29 is 13.9 Å². The Kier molecular flexibility index (Phi) is 6.50. The van der Waals surface area contributed by atoms with Crippen molar-refractivity contribution >= 4 is 17.5 Å². The van der Waals surface area contributed by atoms with E-state index in [0.717, 1.165) is 0 Å². The first-order chi connectivity index (χ1) is 8.65. The number of ether oxygens (including phenoxy) is 1. The summed E-state index contributed by atoms with van der Waals surface area (Å²) < 4.78 is 18.5. The minimum absolute atomic E-state index is 0.0211. The quantitative estimate of drug-likeness (QED) is 0.715. The summed E-state index contributed by atoms with van der Waals surface area (Å²) in [5.74, 6) is 0.311. The molecule has 100 valence electrons. The Hall–Kier alpha value is -1.29. The van der Waals surface area contributed by atoms with Crippen LogP contribution in [0.4, 0.5) is 4.39 Å². The van der Waals surface area contributed by atoms with Crippen molar-refractivity contribution in [1.29, 1.82) is 0 Å². The normalized spacial score (nSPS) is 10.2. The van der Waals surface area contributed by atoms with Gasteiger partial charge in [-0.1, -0.05) is 12.1 Å². The number of likely N-dealkylation sites (N-methyl/N-ethyl adjacent to an activating group) is 1. The SMILES string of the molecule is CN(CCOc1ccccc1F)C(=O)CCCCl. The summed E-state index contributed by atoms with van der Waals surface area (Å²) in [4.78, 5) is 13.1. The molecule has 0 heterocycles. The molecule has 0 spiro atoms. The van der Waals surface area contributed by atoms with Crippen LogP contribution in [0.5, 0.6) is 5.75 Å². The first-order valence-corrected chi connectivity index (χ1v) is 6.36. The summed E-state index contributed by atoms with van der Waals surface area (Å²) in [6.07, 6.45) is 1.10. The van der Waals surface area contributed by atoms with E-state index in [2.05, 4.69) is 0 Å². The number of hydrogen-bond acceptors (Lipinski definition) is 2. The van der Waals surface area contributed by atoms with E-state index in [1.54, 1.807) is 30.1 Å². The lowest BCUT2D eigenvalue weighted by atomic mass is 10.3. The van der Waals surface area contributed by atoms with Crippen LogP contribution in [0, 0.1) is 5.82 Å². The summed E-state index contributed by atoms with van der Waals surface area (Å²) in [5.41, 5.74) is 0. The Labute approximate surface area is 111 Å². The average Bonchev–Trinajstić information content (AvgIpc) is 2.38. The number of carbonyl (C=O) groups is 1. The van der Waals surface area contributed by atoms with E-state index in [4.69, 9.17) is 16.3 Å². The third kappa shape index (κ3) is 4.92. The highest BCUT2D eigenvalue weighted by Gasteiger charge is 2.08. The second kappa shape index (κ2) is 7.93. The largest absolute Gasteiger partial charge is 0.489 e. The molecule has 0 atom stereocenters. The summed E-state index contributed by atoms with van der Waals surface area (Å²) in [5, 5.41) is 0. The lowest BCUT2D eigenvalue weighted by Crippen LogP contribution is -2.30. The minimum Gasteiger partial charge on any atom is -0.489 e. The van der Waals surface area contributed by atoms with Gasteiger partial charge < -0.3 is 9.64 Å². The lowest BCUT2D eigenvalue weighted by Gasteiger charge is -2.17. The number of hydrogen-bond donors (Lipinski definition) is 0. The molecule has 0 N–H and O–H groups in total. The molecule has 18 heavy (non-hydrogen) atoms. The van der Waals surface area contributed by atoms with Crippen molar-refractivity contribution in [2.75, 3.05) is 26.1 Å². The molecule has 0 aliphatic heterocycles. The summed E-state index contributed by atoms with van der Waals surface area (Å²) in [6, 6.07) is 6.20. The second-order valence-electron chi connectivity index (χ2n) is 3.89. The van der Waals surface area contributed by atoms with Crippen LogP contribution in [-0.2, 0) is 4.79 Å². The molecular weight excluding hydrogens is 257 g/mol. The second-order valence-corrected chi connectivity index (χ2v) is 4.26. The number of carbonyl (C=O) groups excluding carboxylic acids is 1. The van der Waals surface area contributed by atoms with Gasteiger partial charge >= 0.3 is 0 Å². The van der Waals surface area contributed by atoms with Crippen LogP contribution in [0.25, 0.3) is 0 Å². The lowest BCUT2D eigenvalue weighted by molar-refractivity contribution is -0.130. The van der Waals surface area contributed by atoms with E-state index < -0.39 is 5.82 Å². The highest BCUT2D eigenvalue weighted by Crippen LogP contribution is 2.15. The Balaban J connectivity index is 2.29. The molecule has 0 bridgehead atoms. The summed E-state index contributed by atoms with van der Waals surface area (Å²) >= 11 is 5.51. The number of amides is 1. The smallest absolute Gasteiger partial charge is 0.222 e. The molecule has 0 fully saturated rings. The zero-order chi connectivity index (χ0) is 13.4. The fraction of sp³-hybridized carbons (Fsp3) is 0.462. The highest BCUT2D eigenvalue weighted by atomic mass is 35.5. The maximum atomic E-state index is 13.2. The predicted molar refractivity (Wildman–Crippen MR) is 69.5 cm³/mol. The number of para-hydroxylation sites is 1. The van der Waals surface area contributed by atoms with Crippen LogP contribution in [0.3, 0.4) is 0 Å². The van der Waals surface area contributed by atoms with Gasteiger partial charge in [-0.25, -0.2) is 4.39 Å². The van der Waals surface area contributed by atoms with E-state index in [1.165, 1.54) is 6.07 Å². The number of halogens is 2. The number of nitrogens with zero attached hydrogens (tertiary/aromatic N) is 1. The molecule has 3 nitrogen and oxygen atoms in total. The Morgan fingerprint density at radius 1 is 1.44 bits per heavy atom. The van der Waals surface area contributed by atoms with Crippen molar-refractivity contribution in [3.8, 4) is 5.75 Å². The third-order valence-corrected chi connectivity index (χ3v) is 2.74. The monoisotopic (exact) mass is 273 g/mol. The standard InChI is InChI=1S/C13H17ClFNO2/c1-16(13(17)7-4-8-14)9-10-18-12-6-3-2-5-11(12)15/h2-3,5-6H,4,7-10H2,1H3. The summed E-state index contributed by atoms with van der Waals surface area (Å²) in [6.45, 7) is 0.694. The van der Waals surface area contributed by atoms with E-state index in [1.807, 2.05) is 0 Å². The van der Waals surface area contributed by atoms with Crippen molar-refractivity contribution in [1.82, 2.24) is 4.90 Å². The third-order valence-electron chi connectivity index (χ3n) is 2.47. The molecule has 1 rings (SSSR count). The Bertz CT molecular complexity index is 387. The molecule has 0 radical (unpaired) electrons. The number of rotatable bonds is 7. The van der Waals surface area contributed by atoms with Crippen LogP contribution in [0.2, 0.25) is 0 Å². The highest BCUT2D eigenvalue weighted by molar-refractivity contribution is 6.17. The molecule has 1 amide bonds. The van der Waals surface area contributed by atoms with Gasteiger partial charge in [-0.05, 0) is 18.6 Å². The Morgan fingerprint density at radius 2 is 2.17 bits per heavy atom. The topological polar surface area (TPSA) is 29.5 Å². The maximum Gasteiger partial charge on any atom is 0.222 e. The molecule has 0 aliphatic carbocycles. The van der Waals surface area contributed by atoms with Crippen LogP contribution in [0.1, 0.15) is 12.8 Å². The molecule has 0 saturated heterocycles. The number of benzene rings is 1. The van der Waals surface area contributed by atoms with Gasteiger partial charge in [-0.3, -0.25) is 4.79 Å². The first-order valence-electron chi connectivity index (χ1n) is 5.82. The zero-order valence-electron chi connectivity index (χ0n) is 10.4. The minimum atomic E-state index is -0.395. The van der Waals surface area contributed by atoms with Crippen LogP contribution >= 0.6 is 11.6 Å². The molecule has 0 unspecified atom stereocenters. The van der Waals surface area contributed by atoms with E-state index in [-0.39, 0.29) is 18.3 Å². The van der Waals surface area contributed by atoms with Crippen molar-refractivity contribution in [2.24, 2.45) is 0 Å². The molecule has 5 heteroatoms. The average molecular weight is 274 g/mol. The first kappa shape index (κ1) is 14.8. The molecule has 0 saturated carbocycles. The molecule has 0 aromatic heterocycles. The van der Waals surface area contributed by atoms with Gasteiger partial charge in [0.2, 0.25) is 5.91 Å². The molecule has 1 aromatic carbocycles. The number of alkyl halides is 1. The van der Waals surface area contributed by atoms with Crippen LogP contribution < -0.4 is 4.74 Å².